The molecule has 0 bridgehead atoms. The molecule has 0 aliphatic carbocycles. The second-order valence-electron chi connectivity index (χ2n) is 6.31. The first kappa shape index (κ1) is 16.6. The van der Waals surface area contributed by atoms with Gasteiger partial charge < -0.3 is 4.57 Å². The summed E-state index contributed by atoms with van der Waals surface area (Å²) in [5.41, 5.74) is 2.56. The van der Waals surface area contributed by atoms with Crippen LogP contribution in [0.3, 0.4) is 0 Å². The van der Waals surface area contributed by atoms with Gasteiger partial charge in [0.1, 0.15) is 0 Å². The third-order valence-electron chi connectivity index (χ3n) is 4.84. The molecule has 2 aromatic carbocycles. The van der Waals surface area contributed by atoms with Gasteiger partial charge >= 0.3 is 0 Å². The zero-order valence-electron chi connectivity index (χ0n) is 13.8. The van der Waals surface area contributed by atoms with Crippen molar-refractivity contribution < 1.29 is 8.42 Å². The van der Waals surface area contributed by atoms with Crippen molar-refractivity contribution in [2.75, 3.05) is 13.1 Å². The molecular formula is C18H18ClN3O2S. The summed E-state index contributed by atoms with van der Waals surface area (Å²) >= 11 is 6.11. The van der Waals surface area contributed by atoms with Gasteiger partial charge in [-0.15, -0.1) is 0 Å². The van der Waals surface area contributed by atoms with E-state index in [4.69, 9.17) is 11.6 Å². The topological polar surface area (TPSA) is 55.2 Å². The zero-order chi connectivity index (χ0) is 17.6. The fourth-order valence-corrected chi connectivity index (χ4v) is 5.40. The SMILES string of the molecule is Cc1c(Cl)cccc1S(=O)(=O)N1CCC(n2cnc3ccccc32)C1. The number of nitrogens with zero attached hydrogens (tertiary/aromatic N) is 3. The van der Waals surface area contributed by atoms with E-state index in [-0.39, 0.29) is 10.9 Å². The Morgan fingerprint density at radius 1 is 1.16 bits per heavy atom. The molecule has 0 N–H and O–H groups in total. The number of aromatic nitrogens is 2. The molecular weight excluding hydrogens is 358 g/mol. The molecule has 1 saturated heterocycles. The molecule has 3 aromatic rings. The molecule has 0 spiro atoms. The Kier molecular flexibility index (Phi) is 4.06. The number of benzene rings is 2. The number of rotatable bonds is 3. The first-order chi connectivity index (χ1) is 12.0. The Morgan fingerprint density at radius 3 is 2.80 bits per heavy atom. The number of imidazole rings is 1. The summed E-state index contributed by atoms with van der Waals surface area (Å²) in [5.74, 6) is 0. The third kappa shape index (κ3) is 2.74. The van der Waals surface area contributed by atoms with Crippen molar-refractivity contribution in [3.63, 3.8) is 0 Å². The normalized spacial score (nSPS) is 18.9. The highest BCUT2D eigenvalue weighted by Crippen LogP contribution is 2.32. The Bertz CT molecular complexity index is 1050. The zero-order valence-corrected chi connectivity index (χ0v) is 15.3. The van der Waals surface area contributed by atoms with Crippen molar-refractivity contribution in [1.29, 1.82) is 0 Å². The van der Waals surface area contributed by atoms with Crippen LogP contribution in [0.15, 0.2) is 53.7 Å². The first-order valence-corrected chi connectivity index (χ1v) is 9.97. The van der Waals surface area contributed by atoms with Gasteiger partial charge in [0.2, 0.25) is 10.0 Å². The maximum absolute atomic E-state index is 13.0. The summed E-state index contributed by atoms with van der Waals surface area (Å²) < 4.78 is 29.7. The predicted octanol–water partition coefficient (Wildman–Crippen LogP) is 3.63. The van der Waals surface area contributed by atoms with Crippen molar-refractivity contribution in [3.8, 4) is 0 Å². The maximum atomic E-state index is 13.0. The molecule has 1 aliphatic heterocycles. The van der Waals surface area contributed by atoms with E-state index in [2.05, 4.69) is 9.55 Å². The van der Waals surface area contributed by atoms with E-state index in [0.717, 1.165) is 17.5 Å². The minimum absolute atomic E-state index is 0.0849. The highest BCUT2D eigenvalue weighted by atomic mass is 35.5. The van der Waals surface area contributed by atoms with Crippen LogP contribution in [-0.4, -0.2) is 35.4 Å². The molecule has 5 nitrogen and oxygen atoms in total. The molecule has 0 amide bonds. The number of para-hydroxylation sites is 2. The number of hydrogen-bond donors (Lipinski definition) is 0. The Morgan fingerprint density at radius 2 is 1.96 bits per heavy atom. The Balaban J connectivity index is 1.65. The number of hydrogen-bond acceptors (Lipinski definition) is 3. The first-order valence-electron chi connectivity index (χ1n) is 8.15. The van der Waals surface area contributed by atoms with Crippen LogP contribution in [0.5, 0.6) is 0 Å². The Hall–Kier alpha value is -1.89. The lowest BCUT2D eigenvalue weighted by molar-refractivity contribution is 0.454. The highest BCUT2D eigenvalue weighted by Gasteiger charge is 2.34. The van der Waals surface area contributed by atoms with E-state index in [9.17, 15) is 8.42 Å². The van der Waals surface area contributed by atoms with Gasteiger partial charge in [0.15, 0.2) is 0 Å². The van der Waals surface area contributed by atoms with E-state index in [1.54, 1.807) is 35.8 Å². The lowest BCUT2D eigenvalue weighted by atomic mass is 10.2. The van der Waals surface area contributed by atoms with E-state index in [0.29, 0.717) is 23.7 Å². The van der Waals surface area contributed by atoms with Gasteiger partial charge in [0.25, 0.3) is 0 Å². The van der Waals surface area contributed by atoms with Crippen LogP contribution in [0.4, 0.5) is 0 Å². The average Bonchev–Trinajstić information content (AvgIpc) is 3.23. The molecule has 25 heavy (non-hydrogen) atoms. The lowest BCUT2D eigenvalue weighted by Crippen LogP contribution is -2.29. The van der Waals surface area contributed by atoms with Crippen LogP contribution in [-0.2, 0) is 10.0 Å². The predicted molar refractivity (Wildman–Crippen MR) is 98.3 cm³/mol. The molecule has 1 atom stereocenters. The van der Waals surface area contributed by atoms with Gasteiger partial charge in [-0.05, 0) is 43.2 Å². The van der Waals surface area contributed by atoms with Crippen LogP contribution in [0.25, 0.3) is 11.0 Å². The van der Waals surface area contributed by atoms with Crippen LogP contribution >= 0.6 is 11.6 Å². The molecule has 0 radical (unpaired) electrons. The number of halogens is 1. The minimum Gasteiger partial charge on any atom is -0.326 e. The van der Waals surface area contributed by atoms with E-state index in [1.807, 2.05) is 24.3 Å². The monoisotopic (exact) mass is 375 g/mol. The van der Waals surface area contributed by atoms with E-state index >= 15 is 0 Å². The summed E-state index contributed by atoms with van der Waals surface area (Å²) in [4.78, 5) is 4.70. The minimum atomic E-state index is -3.55. The highest BCUT2D eigenvalue weighted by molar-refractivity contribution is 7.89. The van der Waals surface area contributed by atoms with Gasteiger partial charge in [-0.1, -0.05) is 29.8 Å². The van der Waals surface area contributed by atoms with Gasteiger partial charge in [0, 0.05) is 18.1 Å². The maximum Gasteiger partial charge on any atom is 0.243 e. The molecule has 0 saturated carbocycles. The van der Waals surface area contributed by atoms with Crippen molar-refractivity contribution in [2.24, 2.45) is 0 Å². The lowest BCUT2D eigenvalue weighted by Gasteiger charge is -2.19. The van der Waals surface area contributed by atoms with Crippen molar-refractivity contribution in [2.45, 2.75) is 24.3 Å². The van der Waals surface area contributed by atoms with Crippen molar-refractivity contribution in [3.05, 3.63) is 59.4 Å². The molecule has 1 unspecified atom stereocenters. The van der Waals surface area contributed by atoms with E-state index < -0.39 is 10.0 Å². The van der Waals surface area contributed by atoms with Gasteiger partial charge in [-0.2, -0.15) is 4.31 Å². The second-order valence-corrected chi connectivity index (χ2v) is 8.62. The van der Waals surface area contributed by atoms with Crippen molar-refractivity contribution >= 4 is 32.7 Å². The van der Waals surface area contributed by atoms with Gasteiger partial charge in [-0.3, -0.25) is 0 Å². The summed E-state index contributed by atoms with van der Waals surface area (Å²) in [6.07, 6.45) is 2.56. The van der Waals surface area contributed by atoms with Crippen LogP contribution in [0.2, 0.25) is 5.02 Å². The quantitative estimate of drug-likeness (QED) is 0.702. The van der Waals surface area contributed by atoms with Gasteiger partial charge in [0.05, 0.1) is 28.3 Å². The second kappa shape index (κ2) is 6.12. The summed E-state index contributed by atoms with van der Waals surface area (Å²) in [5, 5.41) is 0.470. The molecule has 1 aromatic heterocycles. The number of sulfonamides is 1. The number of fused-ring (bicyclic) bond motifs is 1. The third-order valence-corrected chi connectivity index (χ3v) is 7.26. The molecule has 4 rings (SSSR count). The molecule has 130 valence electrons. The Labute approximate surface area is 151 Å². The van der Waals surface area contributed by atoms with Crippen molar-refractivity contribution in [1.82, 2.24) is 13.9 Å². The summed E-state index contributed by atoms with van der Waals surface area (Å²) in [7, 11) is -3.55. The van der Waals surface area contributed by atoms with Crippen LogP contribution < -0.4 is 0 Å². The standard InChI is InChI=1S/C18H18ClN3O2S/c1-13-15(19)5-4-8-18(13)25(23,24)21-10-9-14(11-21)22-12-20-16-6-2-3-7-17(16)22/h2-8,12,14H,9-11H2,1H3. The molecule has 7 heteroatoms. The molecule has 1 aliphatic rings. The largest absolute Gasteiger partial charge is 0.326 e. The van der Waals surface area contributed by atoms with Crippen LogP contribution in [0, 0.1) is 6.92 Å². The van der Waals surface area contributed by atoms with E-state index in [1.165, 1.54) is 0 Å². The van der Waals surface area contributed by atoms with Gasteiger partial charge in [-0.25, -0.2) is 13.4 Å². The van der Waals surface area contributed by atoms with Crippen LogP contribution in [0.1, 0.15) is 18.0 Å². The smallest absolute Gasteiger partial charge is 0.243 e. The summed E-state index contributed by atoms with van der Waals surface area (Å²) in [6.45, 7) is 2.67. The summed E-state index contributed by atoms with van der Waals surface area (Å²) in [6, 6.07) is 13.0. The fraction of sp³-hybridized carbons (Fsp3) is 0.278. The molecule has 1 fully saturated rings. The fourth-order valence-electron chi connectivity index (χ4n) is 3.43. The average molecular weight is 376 g/mol. The molecule has 2 heterocycles.